The Hall–Kier alpha value is -3.63. The van der Waals surface area contributed by atoms with Gasteiger partial charge in [0, 0.05) is 0 Å². The number of anilines is 2. The Morgan fingerprint density at radius 1 is 1.06 bits per heavy atom. The van der Waals surface area contributed by atoms with Gasteiger partial charge in [0.2, 0.25) is 5.91 Å². The largest absolute Gasteiger partial charge is 0.482 e. The third kappa shape index (κ3) is 5.50. The molecule has 164 valence electrons. The molecule has 11 heteroatoms. The first kappa shape index (κ1) is 22.1. The standard InChI is InChI=1S/C20H16F4N2O5/c21-12-5-7-13(8-6-12)30-11-19(29)31-10-18(28)26-15-4-2-1-3-14(15)25-17(27)9-16(26)20(22,23)24/h1-8,16H,9-11H2,(H,25,27). The number of benzene rings is 2. The van der Waals surface area contributed by atoms with Crippen LogP contribution in [0, 0.1) is 5.82 Å². The fourth-order valence-corrected chi connectivity index (χ4v) is 2.92. The van der Waals surface area contributed by atoms with E-state index in [2.05, 4.69) is 5.32 Å². The van der Waals surface area contributed by atoms with Crippen molar-refractivity contribution >= 4 is 29.2 Å². The Morgan fingerprint density at radius 3 is 2.42 bits per heavy atom. The number of nitrogens with one attached hydrogen (secondary N) is 1. The van der Waals surface area contributed by atoms with Crippen LogP contribution >= 0.6 is 0 Å². The molecule has 2 amide bonds. The number of fused-ring (bicyclic) bond motifs is 1. The van der Waals surface area contributed by atoms with Gasteiger partial charge in [-0.2, -0.15) is 13.2 Å². The topological polar surface area (TPSA) is 84.9 Å². The molecular formula is C20H16F4N2O5. The summed E-state index contributed by atoms with van der Waals surface area (Å²) in [7, 11) is 0. The highest BCUT2D eigenvalue weighted by atomic mass is 19.4. The number of alkyl halides is 3. The Labute approximate surface area is 173 Å². The third-order valence-corrected chi connectivity index (χ3v) is 4.30. The van der Waals surface area contributed by atoms with Crippen LogP contribution in [0.25, 0.3) is 0 Å². The number of hydrogen-bond donors (Lipinski definition) is 1. The van der Waals surface area contributed by atoms with E-state index >= 15 is 0 Å². The van der Waals surface area contributed by atoms with Gasteiger partial charge in [0.05, 0.1) is 17.8 Å². The summed E-state index contributed by atoms with van der Waals surface area (Å²) < 4.78 is 63.5. The normalized spacial score (nSPS) is 16.1. The first-order valence-corrected chi connectivity index (χ1v) is 8.97. The highest BCUT2D eigenvalue weighted by Gasteiger charge is 2.49. The molecule has 0 aromatic heterocycles. The molecule has 1 aliphatic rings. The van der Waals surface area contributed by atoms with Crippen LogP contribution in [0.1, 0.15) is 6.42 Å². The molecule has 3 rings (SSSR count). The highest BCUT2D eigenvalue weighted by molar-refractivity contribution is 6.05. The number of ether oxygens (including phenoxy) is 2. The zero-order valence-electron chi connectivity index (χ0n) is 15.8. The second-order valence-corrected chi connectivity index (χ2v) is 6.49. The predicted octanol–water partition coefficient (Wildman–Crippen LogP) is 3.05. The van der Waals surface area contributed by atoms with Crippen molar-refractivity contribution in [2.45, 2.75) is 18.6 Å². The molecule has 0 fully saturated rings. The maximum Gasteiger partial charge on any atom is 0.409 e. The van der Waals surface area contributed by atoms with Crippen molar-refractivity contribution in [1.29, 1.82) is 0 Å². The van der Waals surface area contributed by atoms with Gasteiger partial charge in [-0.3, -0.25) is 14.5 Å². The molecule has 2 aromatic carbocycles. The number of halogens is 4. The number of carbonyl (C=O) groups excluding carboxylic acids is 3. The third-order valence-electron chi connectivity index (χ3n) is 4.30. The van der Waals surface area contributed by atoms with Crippen molar-refractivity contribution in [2.24, 2.45) is 0 Å². The fourth-order valence-electron chi connectivity index (χ4n) is 2.92. The van der Waals surface area contributed by atoms with Crippen molar-refractivity contribution in [3.8, 4) is 5.75 Å². The van der Waals surface area contributed by atoms with Gasteiger partial charge in [-0.15, -0.1) is 0 Å². The monoisotopic (exact) mass is 440 g/mol. The molecule has 1 heterocycles. The molecule has 0 radical (unpaired) electrons. The van der Waals surface area contributed by atoms with Crippen LogP contribution in [0.4, 0.5) is 28.9 Å². The summed E-state index contributed by atoms with van der Waals surface area (Å²) in [6.07, 6.45) is -5.91. The molecule has 2 aromatic rings. The van der Waals surface area contributed by atoms with E-state index in [1.807, 2.05) is 0 Å². The molecule has 0 saturated heterocycles. The fraction of sp³-hybridized carbons (Fsp3) is 0.250. The Balaban J connectivity index is 1.71. The number of esters is 1. The van der Waals surface area contributed by atoms with E-state index in [4.69, 9.17) is 9.47 Å². The van der Waals surface area contributed by atoms with E-state index in [1.165, 1.54) is 36.4 Å². The summed E-state index contributed by atoms with van der Waals surface area (Å²) in [6, 6.07) is 7.81. The molecule has 1 unspecified atom stereocenters. The Kier molecular flexibility index (Phi) is 6.42. The summed E-state index contributed by atoms with van der Waals surface area (Å²) in [4.78, 5) is 36.8. The molecule has 1 aliphatic heterocycles. The number of rotatable bonds is 5. The number of amides is 2. The van der Waals surface area contributed by atoms with Crippen molar-refractivity contribution in [1.82, 2.24) is 0 Å². The first-order valence-electron chi connectivity index (χ1n) is 8.97. The van der Waals surface area contributed by atoms with Crippen LogP contribution in [-0.2, 0) is 19.1 Å². The van der Waals surface area contributed by atoms with Crippen molar-refractivity contribution in [3.05, 3.63) is 54.3 Å². The van der Waals surface area contributed by atoms with Gasteiger partial charge in [0.15, 0.2) is 13.2 Å². The maximum absolute atomic E-state index is 13.6. The van der Waals surface area contributed by atoms with Crippen LogP contribution in [0.2, 0.25) is 0 Å². The minimum atomic E-state index is -4.90. The molecule has 0 saturated carbocycles. The Morgan fingerprint density at radius 2 is 1.74 bits per heavy atom. The molecule has 7 nitrogen and oxygen atoms in total. The maximum atomic E-state index is 13.6. The van der Waals surface area contributed by atoms with Crippen LogP contribution < -0.4 is 15.0 Å². The first-order chi connectivity index (χ1) is 14.6. The van der Waals surface area contributed by atoms with E-state index in [0.29, 0.717) is 4.90 Å². The summed E-state index contributed by atoms with van der Waals surface area (Å²) in [6.45, 7) is -1.64. The zero-order valence-corrected chi connectivity index (χ0v) is 15.8. The average Bonchev–Trinajstić information content (AvgIpc) is 2.87. The van der Waals surface area contributed by atoms with E-state index in [9.17, 15) is 31.9 Å². The van der Waals surface area contributed by atoms with Gasteiger partial charge < -0.3 is 14.8 Å². The summed E-state index contributed by atoms with van der Waals surface area (Å²) in [5.74, 6) is -3.44. The predicted molar refractivity (Wildman–Crippen MR) is 99.9 cm³/mol. The average molecular weight is 440 g/mol. The summed E-state index contributed by atoms with van der Waals surface area (Å²) in [5.41, 5.74) is -0.141. The summed E-state index contributed by atoms with van der Waals surface area (Å²) >= 11 is 0. The van der Waals surface area contributed by atoms with Crippen LogP contribution in [-0.4, -0.2) is 43.2 Å². The molecule has 0 aliphatic carbocycles. The molecular weight excluding hydrogens is 424 g/mol. The number of hydrogen-bond acceptors (Lipinski definition) is 5. The lowest BCUT2D eigenvalue weighted by molar-refractivity contribution is -0.160. The molecule has 0 bridgehead atoms. The van der Waals surface area contributed by atoms with Gasteiger partial charge in [-0.05, 0) is 36.4 Å². The smallest absolute Gasteiger partial charge is 0.409 e. The highest BCUT2D eigenvalue weighted by Crippen LogP contribution is 2.37. The number of nitrogens with zero attached hydrogens (tertiary/aromatic N) is 1. The Bertz CT molecular complexity index is 978. The van der Waals surface area contributed by atoms with E-state index < -0.39 is 55.5 Å². The quantitative estimate of drug-likeness (QED) is 0.571. The minimum Gasteiger partial charge on any atom is -0.482 e. The van der Waals surface area contributed by atoms with Crippen molar-refractivity contribution in [2.75, 3.05) is 23.4 Å². The van der Waals surface area contributed by atoms with Gasteiger partial charge >= 0.3 is 12.1 Å². The SMILES string of the molecule is O=C1CC(C(F)(F)F)N(C(=O)COC(=O)COc2ccc(F)cc2)c2ccccc2N1. The van der Waals surface area contributed by atoms with E-state index in [0.717, 1.165) is 12.1 Å². The van der Waals surface area contributed by atoms with Crippen LogP contribution in [0.5, 0.6) is 5.75 Å². The van der Waals surface area contributed by atoms with E-state index in [-0.39, 0.29) is 17.1 Å². The van der Waals surface area contributed by atoms with Crippen molar-refractivity contribution < 1.29 is 41.4 Å². The molecule has 1 N–H and O–H groups in total. The molecule has 1 atom stereocenters. The van der Waals surface area contributed by atoms with Crippen LogP contribution in [0.3, 0.4) is 0 Å². The molecule has 0 spiro atoms. The lowest BCUT2D eigenvalue weighted by Gasteiger charge is -2.31. The number of para-hydroxylation sites is 2. The van der Waals surface area contributed by atoms with Gasteiger partial charge in [0.1, 0.15) is 17.6 Å². The second-order valence-electron chi connectivity index (χ2n) is 6.49. The van der Waals surface area contributed by atoms with Gasteiger partial charge in [-0.1, -0.05) is 12.1 Å². The zero-order chi connectivity index (χ0) is 22.6. The lowest BCUT2D eigenvalue weighted by atomic mass is 10.1. The second kappa shape index (κ2) is 9.02. The summed E-state index contributed by atoms with van der Waals surface area (Å²) in [5, 5.41) is 2.33. The minimum absolute atomic E-state index is 0.0265. The molecule has 31 heavy (non-hydrogen) atoms. The number of carbonyl (C=O) groups is 3. The van der Waals surface area contributed by atoms with Gasteiger partial charge in [-0.25, -0.2) is 9.18 Å². The van der Waals surface area contributed by atoms with Gasteiger partial charge in [0.25, 0.3) is 5.91 Å². The van der Waals surface area contributed by atoms with Crippen molar-refractivity contribution in [3.63, 3.8) is 0 Å². The van der Waals surface area contributed by atoms with E-state index in [1.54, 1.807) is 0 Å². The lowest BCUT2D eigenvalue weighted by Crippen LogP contribution is -2.51. The van der Waals surface area contributed by atoms with Crippen LogP contribution in [0.15, 0.2) is 48.5 Å².